The van der Waals surface area contributed by atoms with Gasteiger partial charge >= 0.3 is 0 Å². The second-order valence-electron chi connectivity index (χ2n) is 7.57. The lowest BCUT2D eigenvalue weighted by atomic mass is 10.1. The molecule has 1 aliphatic rings. The van der Waals surface area contributed by atoms with Crippen molar-refractivity contribution in [3.8, 4) is 17.2 Å². The molecule has 176 valence electrons. The van der Waals surface area contributed by atoms with E-state index in [0.717, 1.165) is 31.2 Å². The summed E-state index contributed by atoms with van der Waals surface area (Å²) in [6.45, 7) is 3.49. The standard InChI is InChI=1S/C24H34N4O3.HI/c1-25-24(27-16-21-22(30-3)13-20(29-2)14-23(21)31-4)26-15-19-11-8-12-28(19)17-18-9-6-5-7-10-18;/h5-7,9-10,13-14,19H,8,11-12,15-17H2,1-4H3,(H2,25,26,27);1H. The van der Waals surface area contributed by atoms with Gasteiger partial charge in [0.1, 0.15) is 17.2 Å². The molecule has 7 nitrogen and oxygen atoms in total. The van der Waals surface area contributed by atoms with Gasteiger partial charge in [-0.25, -0.2) is 0 Å². The number of hydrogen-bond donors (Lipinski definition) is 2. The van der Waals surface area contributed by atoms with Crippen LogP contribution in [0.15, 0.2) is 47.5 Å². The molecule has 0 amide bonds. The predicted octanol–water partition coefficient (Wildman–Crippen LogP) is 3.66. The fraction of sp³-hybridized carbons (Fsp3) is 0.458. The fourth-order valence-electron chi connectivity index (χ4n) is 4.01. The Balaban J connectivity index is 0.00000363. The van der Waals surface area contributed by atoms with Crippen molar-refractivity contribution in [2.24, 2.45) is 4.99 Å². The van der Waals surface area contributed by atoms with E-state index in [1.165, 1.54) is 18.4 Å². The minimum atomic E-state index is 0. The van der Waals surface area contributed by atoms with Crippen molar-refractivity contribution >= 4 is 29.9 Å². The number of likely N-dealkylation sites (tertiary alicyclic amines) is 1. The lowest BCUT2D eigenvalue weighted by Gasteiger charge is -2.25. The van der Waals surface area contributed by atoms with Crippen LogP contribution in [0.4, 0.5) is 0 Å². The molecule has 0 spiro atoms. The van der Waals surface area contributed by atoms with E-state index in [1.54, 1.807) is 28.4 Å². The first-order valence-electron chi connectivity index (χ1n) is 10.7. The number of nitrogens with zero attached hydrogens (tertiary/aromatic N) is 2. The van der Waals surface area contributed by atoms with E-state index in [9.17, 15) is 0 Å². The monoisotopic (exact) mass is 554 g/mol. The van der Waals surface area contributed by atoms with Gasteiger partial charge in [-0.3, -0.25) is 9.89 Å². The molecule has 8 heteroatoms. The predicted molar refractivity (Wildman–Crippen MR) is 140 cm³/mol. The zero-order chi connectivity index (χ0) is 22.1. The molecule has 0 saturated carbocycles. The third-order valence-corrected chi connectivity index (χ3v) is 5.71. The summed E-state index contributed by atoms with van der Waals surface area (Å²) in [4.78, 5) is 6.93. The summed E-state index contributed by atoms with van der Waals surface area (Å²) in [5, 5.41) is 6.87. The van der Waals surface area contributed by atoms with Crippen molar-refractivity contribution in [3.63, 3.8) is 0 Å². The minimum Gasteiger partial charge on any atom is -0.496 e. The molecule has 2 aromatic rings. The Kier molecular flexibility index (Phi) is 10.9. The Morgan fingerprint density at radius 1 is 1.03 bits per heavy atom. The van der Waals surface area contributed by atoms with Gasteiger partial charge in [0.2, 0.25) is 0 Å². The number of nitrogens with one attached hydrogen (secondary N) is 2. The summed E-state index contributed by atoms with van der Waals surface area (Å²) < 4.78 is 16.4. The highest BCUT2D eigenvalue weighted by molar-refractivity contribution is 14.0. The van der Waals surface area contributed by atoms with Gasteiger partial charge in [0, 0.05) is 38.3 Å². The van der Waals surface area contributed by atoms with Crippen molar-refractivity contribution < 1.29 is 14.2 Å². The van der Waals surface area contributed by atoms with Crippen LogP contribution in [0.25, 0.3) is 0 Å². The molecule has 3 rings (SSSR count). The van der Waals surface area contributed by atoms with Gasteiger partial charge in [0.05, 0.1) is 33.4 Å². The molecule has 1 heterocycles. The largest absolute Gasteiger partial charge is 0.496 e. The van der Waals surface area contributed by atoms with Crippen molar-refractivity contribution in [3.05, 3.63) is 53.6 Å². The Morgan fingerprint density at radius 2 is 1.72 bits per heavy atom. The van der Waals surface area contributed by atoms with Crippen LogP contribution in [0.5, 0.6) is 17.2 Å². The Morgan fingerprint density at radius 3 is 2.31 bits per heavy atom. The van der Waals surface area contributed by atoms with Crippen LogP contribution in [-0.2, 0) is 13.1 Å². The van der Waals surface area contributed by atoms with Crippen molar-refractivity contribution in [2.45, 2.75) is 32.0 Å². The molecule has 1 saturated heterocycles. The third-order valence-electron chi connectivity index (χ3n) is 5.71. The topological polar surface area (TPSA) is 67.4 Å². The molecule has 32 heavy (non-hydrogen) atoms. The number of hydrogen-bond acceptors (Lipinski definition) is 5. The first-order valence-corrected chi connectivity index (χ1v) is 10.7. The zero-order valence-corrected chi connectivity index (χ0v) is 21.7. The van der Waals surface area contributed by atoms with Gasteiger partial charge in [0.15, 0.2) is 5.96 Å². The van der Waals surface area contributed by atoms with Gasteiger partial charge in [-0.15, -0.1) is 24.0 Å². The number of benzene rings is 2. The second kappa shape index (κ2) is 13.4. The molecular formula is C24H35IN4O3. The number of methoxy groups -OCH3 is 3. The highest BCUT2D eigenvalue weighted by Gasteiger charge is 2.24. The van der Waals surface area contributed by atoms with Crippen LogP contribution < -0.4 is 24.8 Å². The highest BCUT2D eigenvalue weighted by atomic mass is 127. The number of guanidine groups is 1. The van der Waals surface area contributed by atoms with Gasteiger partial charge < -0.3 is 24.8 Å². The summed E-state index contributed by atoms with van der Waals surface area (Å²) in [5.41, 5.74) is 2.27. The molecule has 1 atom stereocenters. The Hall–Kier alpha value is -2.20. The summed E-state index contributed by atoms with van der Waals surface area (Å²) in [7, 11) is 6.70. The lowest BCUT2D eigenvalue weighted by molar-refractivity contribution is 0.245. The van der Waals surface area contributed by atoms with Crippen LogP contribution in [0.3, 0.4) is 0 Å². The van der Waals surface area contributed by atoms with Crippen LogP contribution in [0.1, 0.15) is 24.0 Å². The van der Waals surface area contributed by atoms with E-state index in [0.29, 0.717) is 29.8 Å². The normalized spacial score (nSPS) is 16.2. The number of halogens is 1. The Labute approximate surface area is 208 Å². The van der Waals surface area contributed by atoms with Crippen LogP contribution in [0, 0.1) is 0 Å². The average Bonchev–Trinajstić information content (AvgIpc) is 3.26. The fourth-order valence-corrected chi connectivity index (χ4v) is 4.01. The van der Waals surface area contributed by atoms with E-state index < -0.39 is 0 Å². The lowest BCUT2D eigenvalue weighted by Crippen LogP contribution is -2.44. The van der Waals surface area contributed by atoms with Gasteiger partial charge in [-0.2, -0.15) is 0 Å². The van der Waals surface area contributed by atoms with Crippen molar-refractivity contribution in [1.82, 2.24) is 15.5 Å². The zero-order valence-electron chi connectivity index (χ0n) is 19.4. The van der Waals surface area contributed by atoms with E-state index >= 15 is 0 Å². The molecule has 0 bridgehead atoms. The molecule has 0 radical (unpaired) electrons. The van der Waals surface area contributed by atoms with Gasteiger partial charge in [-0.05, 0) is 24.9 Å². The van der Waals surface area contributed by atoms with E-state index in [1.807, 2.05) is 12.1 Å². The SMILES string of the molecule is CN=C(NCc1c(OC)cc(OC)cc1OC)NCC1CCCN1Cc1ccccc1.I. The molecule has 1 aliphatic heterocycles. The Bertz CT molecular complexity index is 839. The maximum absolute atomic E-state index is 5.54. The molecule has 0 aliphatic carbocycles. The number of ether oxygens (including phenoxy) is 3. The van der Waals surface area contributed by atoms with E-state index in [4.69, 9.17) is 14.2 Å². The molecule has 2 aromatic carbocycles. The number of rotatable bonds is 9. The van der Waals surface area contributed by atoms with E-state index in [2.05, 4.69) is 50.9 Å². The molecule has 1 unspecified atom stereocenters. The molecular weight excluding hydrogens is 519 g/mol. The summed E-state index contributed by atoms with van der Waals surface area (Å²) in [6.07, 6.45) is 2.42. The van der Waals surface area contributed by atoms with Crippen LogP contribution in [-0.4, -0.2) is 58.4 Å². The van der Waals surface area contributed by atoms with Crippen LogP contribution >= 0.6 is 24.0 Å². The molecule has 2 N–H and O–H groups in total. The average molecular weight is 554 g/mol. The minimum absolute atomic E-state index is 0. The van der Waals surface area contributed by atoms with Crippen molar-refractivity contribution in [2.75, 3.05) is 41.5 Å². The highest BCUT2D eigenvalue weighted by Crippen LogP contribution is 2.33. The third kappa shape index (κ3) is 6.90. The van der Waals surface area contributed by atoms with Crippen molar-refractivity contribution in [1.29, 1.82) is 0 Å². The smallest absolute Gasteiger partial charge is 0.191 e. The second-order valence-corrected chi connectivity index (χ2v) is 7.57. The molecule has 0 aromatic heterocycles. The summed E-state index contributed by atoms with van der Waals surface area (Å²) in [5.74, 6) is 2.87. The maximum atomic E-state index is 5.54. The number of aliphatic imine (C=N–C) groups is 1. The summed E-state index contributed by atoms with van der Waals surface area (Å²) >= 11 is 0. The first kappa shape index (κ1) is 26.1. The quantitative estimate of drug-likeness (QED) is 0.280. The van der Waals surface area contributed by atoms with Crippen LogP contribution in [0.2, 0.25) is 0 Å². The summed E-state index contributed by atoms with van der Waals surface area (Å²) in [6, 6.07) is 14.9. The molecule has 1 fully saturated rings. The van der Waals surface area contributed by atoms with Gasteiger partial charge in [0.25, 0.3) is 0 Å². The van der Waals surface area contributed by atoms with Gasteiger partial charge in [-0.1, -0.05) is 30.3 Å². The van der Waals surface area contributed by atoms with E-state index in [-0.39, 0.29) is 24.0 Å². The maximum Gasteiger partial charge on any atom is 0.191 e. The first-order chi connectivity index (χ1) is 15.2.